The average molecular weight is 322 g/mol. The maximum absolute atomic E-state index is 6.36. The van der Waals surface area contributed by atoms with Crippen molar-refractivity contribution in [3.05, 3.63) is 68.7 Å². The molecule has 0 aliphatic heterocycles. The minimum atomic E-state index is 0.195. The highest BCUT2D eigenvalue weighted by molar-refractivity contribution is 6.35. The maximum atomic E-state index is 6.36. The minimum absolute atomic E-state index is 0.195. The highest BCUT2D eigenvalue weighted by atomic mass is 35.5. The molecule has 0 bridgehead atoms. The van der Waals surface area contributed by atoms with E-state index < -0.39 is 0 Å². The van der Waals surface area contributed by atoms with Gasteiger partial charge in [-0.1, -0.05) is 65.5 Å². The van der Waals surface area contributed by atoms with Gasteiger partial charge in [0.25, 0.3) is 0 Å². The number of likely N-dealkylation sites (N-methyl/N-ethyl adjacent to an activating group) is 1. The Morgan fingerprint density at radius 1 is 1.00 bits per heavy atom. The number of hydrogen-bond donors (Lipinski definition) is 1. The number of benzene rings is 2. The number of rotatable bonds is 5. The standard InChI is InChI=1S/C18H21Cl2N/c1-4-21-18(16-6-5-15(19)11-17(16)20)10-14-8-12(2)7-13(3)9-14/h5-9,11,18,21H,4,10H2,1-3H3. The van der Waals surface area contributed by atoms with Gasteiger partial charge in [0.15, 0.2) is 0 Å². The first-order valence-electron chi connectivity index (χ1n) is 7.25. The van der Waals surface area contributed by atoms with Crippen LogP contribution in [-0.2, 0) is 6.42 Å². The van der Waals surface area contributed by atoms with Gasteiger partial charge < -0.3 is 5.32 Å². The molecule has 21 heavy (non-hydrogen) atoms. The summed E-state index contributed by atoms with van der Waals surface area (Å²) in [6, 6.07) is 12.6. The van der Waals surface area contributed by atoms with Crippen molar-refractivity contribution in [2.75, 3.05) is 6.54 Å². The van der Waals surface area contributed by atoms with Crippen molar-refractivity contribution >= 4 is 23.2 Å². The Kier molecular flexibility index (Phi) is 5.69. The van der Waals surface area contributed by atoms with Crippen molar-refractivity contribution < 1.29 is 0 Å². The van der Waals surface area contributed by atoms with Gasteiger partial charge in [0.2, 0.25) is 0 Å². The average Bonchev–Trinajstić information content (AvgIpc) is 2.37. The van der Waals surface area contributed by atoms with Gasteiger partial charge >= 0.3 is 0 Å². The molecule has 2 aromatic rings. The lowest BCUT2D eigenvalue weighted by Gasteiger charge is -2.20. The molecule has 2 rings (SSSR count). The largest absolute Gasteiger partial charge is 0.310 e. The lowest BCUT2D eigenvalue weighted by molar-refractivity contribution is 0.550. The zero-order valence-corrected chi connectivity index (χ0v) is 14.2. The first kappa shape index (κ1) is 16.4. The van der Waals surface area contributed by atoms with E-state index in [4.69, 9.17) is 23.2 Å². The van der Waals surface area contributed by atoms with Gasteiger partial charge in [0.1, 0.15) is 0 Å². The van der Waals surface area contributed by atoms with Gasteiger partial charge in [-0.05, 0) is 50.1 Å². The molecule has 0 saturated heterocycles. The molecule has 1 unspecified atom stereocenters. The summed E-state index contributed by atoms with van der Waals surface area (Å²) in [6.45, 7) is 7.27. The lowest BCUT2D eigenvalue weighted by Crippen LogP contribution is -2.23. The molecular formula is C18H21Cl2N. The first-order chi connectivity index (χ1) is 9.99. The molecule has 2 aromatic carbocycles. The van der Waals surface area contributed by atoms with Crippen LogP contribution in [-0.4, -0.2) is 6.54 Å². The first-order valence-corrected chi connectivity index (χ1v) is 8.00. The molecule has 0 radical (unpaired) electrons. The van der Waals surface area contributed by atoms with E-state index in [-0.39, 0.29) is 6.04 Å². The summed E-state index contributed by atoms with van der Waals surface area (Å²) in [5.74, 6) is 0. The monoisotopic (exact) mass is 321 g/mol. The van der Waals surface area contributed by atoms with E-state index in [1.807, 2.05) is 18.2 Å². The van der Waals surface area contributed by atoms with Crippen LogP contribution in [0.2, 0.25) is 10.0 Å². The smallest absolute Gasteiger partial charge is 0.0468 e. The summed E-state index contributed by atoms with van der Waals surface area (Å²) in [5.41, 5.74) is 5.01. The van der Waals surface area contributed by atoms with E-state index >= 15 is 0 Å². The van der Waals surface area contributed by atoms with E-state index in [9.17, 15) is 0 Å². The lowest BCUT2D eigenvalue weighted by atomic mass is 9.96. The zero-order chi connectivity index (χ0) is 15.4. The van der Waals surface area contributed by atoms with E-state index in [0.717, 1.165) is 23.6 Å². The van der Waals surface area contributed by atoms with Gasteiger partial charge in [-0.2, -0.15) is 0 Å². The summed E-state index contributed by atoms with van der Waals surface area (Å²) < 4.78 is 0. The molecule has 1 nitrogen and oxygen atoms in total. The molecule has 0 spiro atoms. The Morgan fingerprint density at radius 3 is 2.24 bits per heavy atom. The third-order valence-electron chi connectivity index (χ3n) is 3.51. The minimum Gasteiger partial charge on any atom is -0.310 e. The summed E-state index contributed by atoms with van der Waals surface area (Å²) in [5, 5.41) is 4.91. The third-order valence-corrected chi connectivity index (χ3v) is 4.07. The van der Waals surface area contributed by atoms with Crippen LogP contribution in [0.1, 0.15) is 35.2 Å². The normalized spacial score (nSPS) is 12.4. The topological polar surface area (TPSA) is 12.0 Å². The molecular weight excluding hydrogens is 301 g/mol. The number of hydrogen-bond acceptors (Lipinski definition) is 1. The molecule has 0 aromatic heterocycles. The second-order valence-corrected chi connectivity index (χ2v) is 6.32. The van der Waals surface area contributed by atoms with E-state index in [1.165, 1.54) is 16.7 Å². The van der Waals surface area contributed by atoms with Crippen molar-refractivity contribution in [3.8, 4) is 0 Å². The Hall–Kier alpha value is -1.02. The summed E-state index contributed by atoms with van der Waals surface area (Å²) in [7, 11) is 0. The Morgan fingerprint density at radius 2 is 1.67 bits per heavy atom. The second-order valence-electron chi connectivity index (χ2n) is 5.48. The third kappa shape index (κ3) is 4.47. The van der Waals surface area contributed by atoms with Gasteiger partial charge in [0.05, 0.1) is 0 Å². The predicted octanol–water partition coefficient (Wildman–Crippen LogP) is 5.50. The molecule has 0 aliphatic rings. The summed E-state index contributed by atoms with van der Waals surface area (Å²) in [6.07, 6.45) is 0.914. The quantitative estimate of drug-likeness (QED) is 0.766. The van der Waals surface area contributed by atoms with Crippen LogP contribution >= 0.6 is 23.2 Å². The molecule has 0 aliphatic carbocycles. The van der Waals surface area contributed by atoms with Crippen molar-refractivity contribution in [1.29, 1.82) is 0 Å². The summed E-state index contributed by atoms with van der Waals surface area (Å²) in [4.78, 5) is 0. The van der Waals surface area contributed by atoms with Crippen LogP contribution in [0.15, 0.2) is 36.4 Å². The van der Waals surface area contributed by atoms with Gasteiger partial charge in [0, 0.05) is 16.1 Å². The van der Waals surface area contributed by atoms with Crippen molar-refractivity contribution in [3.63, 3.8) is 0 Å². The molecule has 112 valence electrons. The number of halogens is 2. The van der Waals surface area contributed by atoms with E-state index in [1.54, 1.807) is 0 Å². The van der Waals surface area contributed by atoms with Gasteiger partial charge in [-0.25, -0.2) is 0 Å². The van der Waals surface area contributed by atoms with E-state index in [2.05, 4.69) is 44.3 Å². The molecule has 1 atom stereocenters. The van der Waals surface area contributed by atoms with Crippen LogP contribution in [0, 0.1) is 13.8 Å². The molecule has 0 fully saturated rings. The fourth-order valence-corrected chi connectivity index (χ4v) is 3.29. The second kappa shape index (κ2) is 7.31. The molecule has 0 saturated carbocycles. The number of aryl methyl sites for hydroxylation is 2. The highest BCUT2D eigenvalue weighted by Crippen LogP contribution is 2.29. The summed E-state index contributed by atoms with van der Waals surface area (Å²) >= 11 is 12.4. The molecule has 3 heteroatoms. The fourth-order valence-electron chi connectivity index (χ4n) is 2.75. The van der Waals surface area contributed by atoms with Crippen molar-refractivity contribution in [1.82, 2.24) is 5.32 Å². The molecule has 0 heterocycles. The van der Waals surface area contributed by atoms with Crippen LogP contribution in [0.3, 0.4) is 0 Å². The van der Waals surface area contributed by atoms with Crippen molar-refractivity contribution in [2.24, 2.45) is 0 Å². The SMILES string of the molecule is CCNC(Cc1cc(C)cc(C)c1)c1ccc(Cl)cc1Cl. The van der Waals surface area contributed by atoms with Crippen LogP contribution in [0.25, 0.3) is 0 Å². The molecule has 0 amide bonds. The molecule has 1 N–H and O–H groups in total. The Labute approximate surface area is 137 Å². The van der Waals surface area contributed by atoms with Crippen molar-refractivity contribution in [2.45, 2.75) is 33.2 Å². The predicted molar refractivity (Wildman–Crippen MR) is 92.5 cm³/mol. The van der Waals surface area contributed by atoms with Gasteiger partial charge in [-0.15, -0.1) is 0 Å². The van der Waals surface area contributed by atoms with Crippen LogP contribution in [0.5, 0.6) is 0 Å². The van der Waals surface area contributed by atoms with E-state index in [0.29, 0.717) is 5.02 Å². The van der Waals surface area contributed by atoms with Crippen LogP contribution < -0.4 is 5.32 Å². The maximum Gasteiger partial charge on any atom is 0.0468 e. The highest BCUT2D eigenvalue weighted by Gasteiger charge is 2.15. The van der Waals surface area contributed by atoms with Crippen LogP contribution in [0.4, 0.5) is 0 Å². The zero-order valence-electron chi connectivity index (χ0n) is 12.7. The Bertz CT molecular complexity index is 602. The fraction of sp³-hybridized carbons (Fsp3) is 0.333. The van der Waals surface area contributed by atoms with Gasteiger partial charge in [-0.3, -0.25) is 0 Å². The number of nitrogens with one attached hydrogen (secondary N) is 1. The Balaban J connectivity index is 2.30.